The third kappa shape index (κ3) is 5.80. The van der Waals surface area contributed by atoms with E-state index in [2.05, 4.69) is 24.0 Å². The van der Waals surface area contributed by atoms with Crippen molar-refractivity contribution in [2.45, 2.75) is 38.8 Å². The third-order valence-electron chi connectivity index (χ3n) is 6.84. The highest BCUT2D eigenvalue weighted by Crippen LogP contribution is 2.42. The SMILES string of the molecule is CCCN1CCc2cc(OC)c(OCc3ccccc3)cc2C1Cc1cc(OC)c(OC)cc1[N+](=O)[O-]. The smallest absolute Gasteiger partial charge is 0.276 e. The molecule has 8 nitrogen and oxygen atoms in total. The fourth-order valence-electron chi connectivity index (χ4n) is 5.01. The normalized spacial score (nSPS) is 15.1. The highest BCUT2D eigenvalue weighted by Gasteiger charge is 2.31. The van der Waals surface area contributed by atoms with Crippen LogP contribution in [0.25, 0.3) is 0 Å². The molecule has 8 heteroatoms. The maximum atomic E-state index is 12.0. The van der Waals surface area contributed by atoms with Crippen LogP contribution in [-0.4, -0.2) is 44.2 Å². The average Bonchev–Trinajstić information content (AvgIpc) is 2.92. The van der Waals surface area contributed by atoms with Crippen LogP contribution in [0.2, 0.25) is 0 Å². The maximum absolute atomic E-state index is 12.0. The number of benzene rings is 3. The Bertz CT molecular complexity index is 1230. The van der Waals surface area contributed by atoms with Crippen molar-refractivity contribution in [1.29, 1.82) is 0 Å². The van der Waals surface area contributed by atoms with Crippen molar-refractivity contribution in [3.05, 3.63) is 87.0 Å². The third-order valence-corrected chi connectivity index (χ3v) is 6.84. The van der Waals surface area contributed by atoms with E-state index in [-0.39, 0.29) is 16.7 Å². The van der Waals surface area contributed by atoms with Gasteiger partial charge in [0.15, 0.2) is 23.0 Å². The van der Waals surface area contributed by atoms with Gasteiger partial charge in [0.1, 0.15) is 6.61 Å². The van der Waals surface area contributed by atoms with Gasteiger partial charge in [-0.15, -0.1) is 0 Å². The topological polar surface area (TPSA) is 83.3 Å². The van der Waals surface area contributed by atoms with Crippen molar-refractivity contribution < 1.29 is 23.9 Å². The summed E-state index contributed by atoms with van der Waals surface area (Å²) >= 11 is 0. The molecular formula is C29H34N2O6. The molecule has 4 rings (SSSR count). The molecule has 0 radical (unpaired) electrons. The van der Waals surface area contributed by atoms with Crippen molar-refractivity contribution in [2.75, 3.05) is 34.4 Å². The van der Waals surface area contributed by atoms with E-state index in [4.69, 9.17) is 18.9 Å². The number of nitro benzene ring substituents is 1. The van der Waals surface area contributed by atoms with Crippen LogP contribution < -0.4 is 18.9 Å². The Labute approximate surface area is 217 Å². The van der Waals surface area contributed by atoms with Gasteiger partial charge in [0, 0.05) is 18.2 Å². The summed E-state index contributed by atoms with van der Waals surface area (Å²) in [5, 5.41) is 12.0. The van der Waals surface area contributed by atoms with E-state index < -0.39 is 0 Å². The molecule has 3 aromatic carbocycles. The second kappa shape index (κ2) is 12.0. The molecule has 1 aliphatic rings. The average molecular weight is 507 g/mol. The molecule has 0 aliphatic carbocycles. The highest BCUT2D eigenvalue weighted by atomic mass is 16.6. The minimum absolute atomic E-state index is 0.0234. The van der Waals surface area contributed by atoms with Gasteiger partial charge in [0.2, 0.25) is 0 Å². The molecular weight excluding hydrogens is 472 g/mol. The van der Waals surface area contributed by atoms with Crippen molar-refractivity contribution in [1.82, 2.24) is 4.90 Å². The molecule has 0 N–H and O–H groups in total. The lowest BCUT2D eigenvalue weighted by atomic mass is 9.87. The summed E-state index contributed by atoms with van der Waals surface area (Å²) in [6, 6.07) is 17.2. The van der Waals surface area contributed by atoms with E-state index in [9.17, 15) is 10.1 Å². The summed E-state index contributed by atoms with van der Waals surface area (Å²) in [5.41, 5.74) is 3.96. The van der Waals surface area contributed by atoms with Crippen LogP contribution in [0.15, 0.2) is 54.6 Å². The molecule has 1 heterocycles. The fourth-order valence-corrected chi connectivity index (χ4v) is 5.01. The van der Waals surface area contributed by atoms with Crippen LogP contribution in [0.3, 0.4) is 0 Å². The van der Waals surface area contributed by atoms with Gasteiger partial charge in [0.25, 0.3) is 5.69 Å². The first kappa shape index (κ1) is 26.3. The molecule has 1 atom stereocenters. The second-order valence-corrected chi connectivity index (χ2v) is 9.08. The van der Waals surface area contributed by atoms with E-state index in [0.717, 1.165) is 37.1 Å². The van der Waals surface area contributed by atoms with Gasteiger partial charge in [0.05, 0.1) is 32.3 Å². The van der Waals surface area contributed by atoms with Gasteiger partial charge >= 0.3 is 0 Å². The van der Waals surface area contributed by atoms with Gasteiger partial charge in [-0.25, -0.2) is 0 Å². The number of nitrogens with zero attached hydrogens (tertiary/aromatic N) is 2. The van der Waals surface area contributed by atoms with Gasteiger partial charge in [-0.2, -0.15) is 0 Å². The molecule has 0 aromatic heterocycles. The zero-order valence-electron chi connectivity index (χ0n) is 21.9. The molecule has 0 saturated carbocycles. The summed E-state index contributed by atoms with van der Waals surface area (Å²) in [6.07, 6.45) is 2.30. The number of hydrogen-bond donors (Lipinski definition) is 0. The van der Waals surface area contributed by atoms with Crippen LogP contribution in [0.1, 0.15) is 41.6 Å². The predicted molar refractivity (Wildman–Crippen MR) is 142 cm³/mol. The number of methoxy groups -OCH3 is 3. The lowest BCUT2D eigenvalue weighted by molar-refractivity contribution is -0.385. The standard InChI is InChI=1S/C29H34N2O6/c1-5-12-30-13-11-21-15-27(35-3)29(37-19-20-9-7-6-8-10-20)17-23(21)25(30)14-22-16-26(34-2)28(36-4)18-24(22)31(32)33/h6-10,15-18,25H,5,11-14,19H2,1-4H3. The Morgan fingerprint density at radius 2 is 1.62 bits per heavy atom. The minimum atomic E-state index is -0.354. The van der Waals surface area contributed by atoms with Crippen molar-refractivity contribution in [3.63, 3.8) is 0 Å². The van der Waals surface area contributed by atoms with E-state index in [1.807, 2.05) is 30.3 Å². The van der Waals surface area contributed by atoms with Crippen LogP contribution in [0.4, 0.5) is 5.69 Å². The first-order valence-corrected chi connectivity index (χ1v) is 12.5. The van der Waals surface area contributed by atoms with Crippen LogP contribution in [-0.2, 0) is 19.4 Å². The van der Waals surface area contributed by atoms with Gasteiger partial charge < -0.3 is 18.9 Å². The number of nitro groups is 1. The van der Waals surface area contributed by atoms with E-state index in [1.165, 1.54) is 25.8 Å². The molecule has 37 heavy (non-hydrogen) atoms. The van der Waals surface area contributed by atoms with Gasteiger partial charge in [-0.1, -0.05) is 37.3 Å². The summed E-state index contributed by atoms with van der Waals surface area (Å²) in [5.74, 6) is 2.17. The molecule has 0 saturated heterocycles. The lowest BCUT2D eigenvalue weighted by Crippen LogP contribution is -2.37. The fraction of sp³-hybridized carbons (Fsp3) is 0.379. The predicted octanol–water partition coefficient (Wildman–Crippen LogP) is 5.75. The minimum Gasteiger partial charge on any atom is -0.493 e. The van der Waals surface area contributed by atoms with Crippen molar-refractivity contribution in [3.8, 4) is 23.0 Å². The quantitative estimate of drug-likeness (QED) is 0.242. The summed E-state index contributed by atoms with van der Waals surface area (Å²) in [6.45, 7) is 4.31. The summed E-state index contributed by atoms with van der Waals surface area (Å²) in [4.78, 5) is 14.0. The van der Waals surface area contributed by atoms with Gasteiger partial charge in [-0.05, 0) is 60.7 Å². The van der Waals surface area contributed by atoms with Gasteiger partial charge in [-0.3, -0.25) is 15.0 Å². The molecule has 0 bridgehead atoms. The van der Waals surface area contributed by atoms with Crippen molar-refractivity contribution in [2.24, 2.45) is 0 Å². The van der Waals surface area contributed by atoms with E-state index >= 15 is 0 Å². The van der Waals surface area contributed by atoms with Crippen LogP contribution >= 0.6 is 0 Å². The first-order valence-electron chi connectivity index (χ1n) is 12.5. The van der Waals surface area contributed by atoms with Crippen molar-refractivity contribution >= 4 is 5.69 Å². The van der Waals surface area contributed by atoms with Crippen LogP contribution in [0, 0.1) is 10.1 Å². The number of hydrogen-bond acceptors (Lipinski definition) is 7. The zero-order valence-corrected chi connectivity index (χ0v) is 21.9. The van der Waals surface area contributed by atoms with Crippen LogP contribution in [0.5, 0.6) is 23.0 Å². The Morgan fingerprint density at radius 3 is 2.27 bits per heavy atom. The van der Waals surface area contributed by atoms with E-state index in [0.29, 0.717) is 41.6 Å². The lowest BCUT2D eigenvalue weighted by Gasteiger charge is -2.38. The Balaban J connectivity index is 1.75. The number of fused-ring (bicyclic) bond motifs is 1. The Kier molecular flexibility index (Phi) is 8.50. The molecule has 3 aromatic rings. The zero-order chi connectivity index (χ0) is 26.4. The first-order chi connectivity index (χ1) is 18.0. The molecule has 0 amide bonds. The Morgan fingerprint density at radius 1 is 0.946 bits per heavy atom. The second-order valence-electron chi connectivity index (χ2n) is 9.08. The maximum Gasteiger partial charge on any atom is 0.276 e. The molecule has 0 fully saturated rings. The molecule has 1 aliphatic heterocycles. The van der Waals surface area contributed by atoms with E-state index in [1.54, 1.807) is 13.2 Å². The molecule has 1 unspecified atom stereocenters. The number of ether oxygens (including phenoxy) is 4. The molecule has 0 spiro atoms. The number of rotatable bonds is 11. The monoisotopic (exact) mass is 506 g/mol. The largest absolute Gasteiger partial charge is 0.493 e. The Hall–Kier alpha value is -3.78. The summed E-state index contributed by atoms with van der Waals surface area (Å²) in [7, 11) is 4.66. The molecule has 196 valence electrons. The summed E-state index contributed by atoms with van der Waals surface area (Å²) < 4.78 is 22.7. The highest BCUT2D eigenvalue weighted by molar-refractivity contribution is 5.56.